The van der Waals surface area contributed by atoms with E-state index in [2.05, 4.69) is 40.7 Å². The van der Waals surface area contributed by atoms with Crippen LogP contribution in [0.15, 0.2) is 36.4 Å². The number of fused-ring (bicyclic) bond motifs is 1. The van der Waals surface area contributed by atoms with Crippen molar-refractivity contribution in [1.29, 1.82) is 0 Å². The number of amides is 1. The zero-order valence-electron chi connectivity index (χ0n) is 17.7. The average Bonchev–Trinajstić information content (AvgIpc) is 2.71. The van der Waals surface area contributed by atoms with Crippen LogP contribution in [0.25, 0.3) is 0 Å². The highest BCUT2D eigenvalue weighted by Crippen LogP contribution is 2.33. The molecule has 3 atom stereocenters. The van der Waals surface area contributed by atoms with E-state index in [-0.39, 0.29) is 24.6 Å². The Hall–Kier alpha value is -2.71. The normalized spacial score (nSPS) is 17.7. The third-order valence-corrected chi connectivity index (χ3v) is 5.76. The third-order valence-electron chi connectivity index (χ3n) is 5.76. The number of anilines is 1. The van der Waals surface area contributed by atoms with E-state index in [1.54, 1.807) is 0 Å². The van der Waals surface area contributed by atoms with E-state index >= 15 is 0 Å². The number of rotatable bonds is 8. The van der Waals surface area contributed by atoms with Crippen molar-refractivity contribution in [1.82, 2.24) is 10.6 Å². The molecule has 2 aromatic rings. The van der Waals surface area contributed by atoms with Gasteiger partial charge in [0.25, 0.3) is 0 Å². The van der Waals surface area contributed by atoms with E-state index in [1.807, 2.05) is 7.05 Å². The SMILES string of the molecule is CCc1ccc2c(c1)C(NC[C@H](O)[C@H](Cc1cc(F)cc(F)c1)NC(=O)O)CCN2C. The van der Waals surface area contributed by atoms with Crippen LogP contribution in [0.2, 0.25) is 0 Å². The van der Waals surface area contributed by atoms with Gasteiger partial charge in [-0.2, -0.15) is 0 Å². The lowest BCUT2D eigenvalue weighted by molar-refractivity contribution is 0.114. The Bertz CT molecular complexity index is 905. The molecular formula is C23H29F2N3O3. The molecule has 1 aliphatic heterocycles. The predicted octanol–water partition coefficient (Wildman–Crippen LogP) is 3.24. The van der Waals surface area contributed by atoms with Crippen LogP contribution in [0.3, 0.4) is 0 Å². The number of nitrogens with zero attached hydrogens (tertiary/aromatic N) is 1. The van der Waals surface area contributed by atoms with Gasteiger partial charge in [-0.15, -0.1) is 0 Å². The Labute approximate surface area is 180 Å². The minimum absolute atomic E-state index is 0.0180. The van der Waals surface area contributed by atoms with Crippen molar-refractivity contribution in [2.45, 2.75) is 44.4 Å². The maximum atomic E-state index is 13.5. The van der Waals surface area contributed by atoms with Crippen molar-refractivity contribution in [3.05, 3.63) is 64.7 Å². The van der Waals surface area contributed by atoms with Gasteiger partial charge in [-0.05, 0) is 54.2 Å². The molecule has 0 radical (unpaired) electrons. The molecule has 0 saturated heterocycles. The molecule has 8 heteroatoms. The number of nitrogens with one attached hydrogen (secondary N) is 2. The highest BCUT2D eigenvalue weighted by molar-refractivity contribution is 5.65. The summed E-state index contributed by atoms with van der Waals surface area (Å²) in [5, 5.41) is 25.5. The van der Waals surface area contributed by atoms with Crippen molar-refractivity contribution in [3.63, 3.8) is 0 Å². The lowest BCUT2D eigenvalue weighted by atomic mass is 9.93. The second-order valence-corrected chi connectivity index (χ2v) is 8.02. The predicted molar refractivity (Wildman–Crippen MR) is 115 cm³/mol. The Morgan fingerprint density at radius 2 is 1.90 bits per heavy atom. The number of benzene rings is 2. The number of hydrogen-bond donors (Lipinski definition) is 4. The van der Waals surface area contributed by atoms with Crippen molar-refractivity contribution in [3.8, 4) is 0 Å². The highest BCUT2D eigenvalue weighted by atomic mass is 19.1. The third kappa shape index (κ3) is 5.92. The van der Waals surface area contributed by atoms with Gasteiger partial charge < -0.3 is 25.7 Å². The number of hydrogen-bond acceptors (Lipinski definition) is 4. The molecule has 0 saturated carbocycles. The maximum Gasteiger partial charge on any atom is 0.404 e. The number of carbonyl (C=O) groups is 1. The molecule has 4 N–H and O–H groups in total. The molecule has 1 aliphatic rings. The Kier molecular flexibility index (Phi) is 7.46. The summed E-state index contributed by atoms with van der Waals surface area (Å²) < 4.78 is 27.0. The molecule has 0 spiro atoms. The second kappa shape index (κ2) is 10.1. The maximum absolute atomic E-state index is 13.5. The monoisotopic (exact) mass is 433 g/mol. The number of aliphatic hydroxyl groups excluding tert-OH is 1. The van der Waals surface area contributed by atoms with Crippen LogP contribution >= 0.6 is 0 Å². The van der Waals surface area contributed by atoms with Crippen LogP contribution in [-0.2, 0) is 12.8 Å². The molecule has 3 rings (SSSR count). The number of aryl methyl sites for hydroxylation is 1. The number of carboxylic acid groups (broad SMARTS) is 1. The van der Waals surface area contributed by atoms with Crippen molar-refractivity contribution < 1.29 is 23.8 Å². The summed E-state index contributed by atoms with van der Waals surface area (Å²) >= 11 is 0. The van der Waals surface area contributed by atoms with E-state index in [0.717, 1.165) is 48.8 Å². The first-order valence-corrected chi connectivity index (χ1v) is 10.5. The summed E-state index contributed by atoms with van der Waals surface area (Å²) in [5.74, 6) is -1.49. The van der Waals surface area contributed by atoms with Gasteiger partial charge in [0.15, 0.2) is 0 Å². The van der Waals surface area contributed by atoms with Gasteiger partial charge >= 0.3 is 6.09 Å². The van der Waals surface area contributed by atoms with Gasteiger partial charge in [-0.3, -0.25) is 0 Å². The molecule has 31 heavy (non-hydrogen) atoms. The van der Waals surface area contributed by atoms with E-state index in [9.17, 15) is 18.7 Å². The Morgan fingerprint density at radius 1 is 1.19 bits per heavy atom. The molecule has 0 aromatic heterocycles. The van der Waals surface area contributed by atoms with Gasteiger partial charge in [0.05, 0.1) is 12.1 Å². The van der Waals surface area contributed by atoms with Crippen molar-refractivity contribution in [2.24, 2.45) is 0 Å². The molecule has 1 unspecified atom stereocenters. The molecular weight excluding hydrogens is 404 g/mol. The molecule has 168 valence electrons. The topological polar surface area (TPSA) is 84.8 Å². The lowest BCUT2D eigenvalue weighted by Crippen LogP contribution is -2.49. The smallest absolute Gasteiger partial charge is 0.404 e. The quantitative estimate of drug-likeness (QED) is 0.514. The number of aliphatic hydroxyl groups is 1. The molecule has 6 nitrogen and oxygen atoms in total. The van der Waals surface area contributed by atoms with Gasteiger partial charge in [0.2, 0.25) is 0 Å². The molecule has 2 aromatic carbocycles. The lowest BCUT2D eigenvalue weighted by Gasteiger charge is -2.35. The largest absolute Gasteiger partial charge is 0.465 e. The molecule has 0 bridgehead atoms. The first kappa shape index (κ1) is 23.0. The first-order chi connectivity index (χ1) is 14.8. The molecule has 1 heterocycles. The molecule has 0 fully saturated rings. The fraction of sp³-hybridized carbons (Fsp3) is 0.435. The van der Waals surface area contributed by atoms with E-state index < -0.39 is 29.9 Å². The fourth-order valence-corrected chi connectivity index (χ4v) is 4.09. The fourth-order valence-electron chi connectivity index (χ4n) is 4.09. The summed E-state index contributed by atoms with van der Waals surface area (Å²) in [6, 6.07) is 8.51. The Morgan fingerprint density at radius 3 is 2.55 bits per heavy atom. The summed E-state index contributed by atoms with van der Waals surface area (Å²) in [6.45, 7) is 3.08. The van der Waals surface area contributed by atoms with Crippen molar-refractivity contribution in [2.75, 3.05) is 25.0 Å². The van der Waals surface area contributed by atoms with Gasteiger partial charge in [-0.1, -0.05) is 19.1 Å². The second-order valence-electron chi connectivity index (χ2n) is 8.02. The molecule has 0 aliphatic carbocycles. The summed E-state index contributed by atoms with van der Waals surface area (Å²) in [6.07, 6.45) is -0.664. The van der Waals surface area contributed by atoms with E-state index in [4.69, 9.17) is 5.11 Å². The summed E-state index contributed by atoms with van der Waals surface area (Å²) in [5.41, 5.74) is 3.77. The minimum atomic E-state index is -1.31. The average molecular weight is 433 g/mol. The summed E-state index contributed by atoms with van der Waals surface area (Å²) in [7, 11) is 2.04. The van der Waals surface area contributed by atoms with E-state index in [0.29, 0.717) is 0 Å². The minimum Gasteiger partial charge on any atom is -0.465 e. The van der Waals surface area contributed by atoms with Gasteiger partial charge in [0, 0.05) is 37.9 Å². The van der Waals surface area contributed by atoms with Crippen LogP contribution < -0.4 is 15.5 Å². The van der Waals surface area contributed by atoms with Crippen LogP contribution in [0.4, 0.5) is 19.3 Å². The summed E-state index contributed by atoms with van der Waals surface area (Å²) in [4.78, 5) is 13.4. The van der Waals surface area contributed by atoms with Crippen LogP contribution in [0, 0.1) is 11.6 Å². The highest BCUT2D eigenvalue weighted by Gasteiger charge is 2.27. The Balaban J connectivity index is 1.71. The van der Waals surface area contributed by atoms with E-state index in [1.165, 1.54) is 5.56 Å². The zero-order chi connectivity index (χ0) is 22.5. The van der Waals surface area contributed by atoms with Crippen molar-refractivity contribution >= 4 is 11.8 Å². The first-order valence-electron chi connectivity index (χ1n) is 10.5. The number of halogens is 2. The van der Waals surface area contributed by atoms with Crippen LogP contribution in [-0.4, -0.2) is 48.6 Å². The van der Waals surface area contributed by atoms with Crippen LogP contribution in [0.1, 0.15) is 36.1 Å². The van der Waals surface area contributed by atoms with Gasteiger partial charge in [-0.25, -0.2) is 13.6 Å². The van der Waals surface area contributed by atoms with Crippen LogP contribution in [0.5, 0.6) is 0 Å². The standard InChI is InChI=1S/C23H29F2N3O3/c1-3-14-4-5-21-18(10-14)19(6-7-28(21)2)26-13-22(29)20(27-23(30)31)11-15-8-16(24)12-17(25)9-15/h4-5,8-10,12,19-20,22,26-27,29H,3,6-7,11,13H2,1-2H3,(H,30,31)/t19?,20-,22-/m0/s1. The van der Waals surface area contributed by atoms with Gasteiger partial charge in [0.1, 0.15) is 11.6 Å². The zero-order valence-corrected chi connectivity index (χ0v) is 17.7. The molecule has 1 amide bonds.